The topological polar surface area (TPSA) is 50.4 Å². The zero-order valence-electron chi connectivity index (χ0n) is 17.4. The van der Waals surface area contributed by atoms with Gasteiger partial charge in [-0.1, -0.05) is 12.1 Å². The van der Waals surface area contributed by atoms with Crippen molar-refractivity contribution in [1.29, 1.82) is 0 Å². The molecule has 1 N–H and O–H groups in total. The van der Waals surface area contributed by atoms with Crippen LogP contribution in [-0.2, 0) is 6.54 Å². The van der Waals surface area contributed by atoms with Gasteiger partial charge in [-0.25, -0.2) is 4.98 Å². The molecule has 1 aliphatic heterocycles. The van der Waals surface area contributed by atoms with Crippen molar-refractivity contribution in [2.45, 2.75) is 37.0 Å². The first kappa shape index (κ1) is 19.7. The lowest BCUT2D eigenvalue weighted by Gasteiger charge is -2.24. The van der Waals surface area contributed by atoms with Gasteiger partial charge in [-0.15, -0.1) is 11.8 Å². The van der Waals surface area contributed by atoms with Crippen LogP contribution in [0.25, 0.3) is 0 Å². The number of benzene rings is 2. The molecule has 6 heteroatoms. The van der Waals surface area contributed by atoms with Crippen molar-refractivity contribution in [2.24, 2.45) is 0 Å². The second-order valence-corrected chi connectivity index (χ2v) is 8.62. The Balaban J connectivity index is 1.67. The lowest BCUT2D eigenvalue weighted by atomic mass is 10.1. The first-order valence-electron chi connectivity index (χ1n) is 9.82. The van der Waals surface area contributed by atoms with E-state index in [0.717, 1.165) is 42.5 Å². The van der Waals surface area contributed by atoms with Crippen LogP contribution < -0.4 is 14.4 Å². The van der Waals surface area contributed by atoms with Crippen LogP contribution in [0.4, 0.5) is 5.69 Å². The number of anilines is 1. The van der Waals surface area contributed by atoms with Gasteiger partial charge < -0.3 is 19.4 Å². The zero-order valence-corrected chi connectivity index (χ0v) is 18.2. The van der Waals surface area contributed by atoms with E-state index < -0.39 is 0 Å². The minimum absolute atomic E-state index is 0.374. The summed E-state index contributed by atoms with van der Waals surface area (Å²) >= 11 is 1.91. The van der Waals surface area contributed by atoms with E-state index in [1.165, 1.54) is 21.7 Å². The summed E-state index contributed by atoms with van der Waals surface area (Å²) in [5.41, 5.74) is 4.88. The number of aromatic nitrogens is 2. The van der Waals surface area contributed by atoms with Gasteiger partial charge in [0.05, 0.1) is 38.3 Å². The number of fused-ring (bicyclic) bond motifs is 1. The van der Waals surface area contributed by atoms with Crippen molar-refractivity contribution in [3.05, 3.63) is 65.2 Å². The fourth-order valence-corrected chi connectivity index (χ4v) is 5.16. The summed E-state index contributed by atoms with van der Waals surface area (Å²) < 4.78 is 10.9. The number of aryl methyl sites for hydroxylation is 2. The fourth-order valence-electron chi connectivity index (χ4n) is 3.84. The molecule has 1 aliphatic rings. The third-order valence-corrected chi connectivity index (χ3v) is 6.72. The number of aromatic amines is 1. The fraction of sp³-hybridized carbons (Fsp3) is 0.348. The van der Waals surface area contributed by atoms with Gasteiger partial charge >= 0.3 is 0 Å². The van der Waals surface area contributed by atoms with Crippen LogP contribution in [0, 0.1) is 13.8 Å². The van der Waals surface area contributed by atoms with E-state index in [0.29, 0.717) is 5.25 Å². The van der Waals surface area contributed by atoms with Crippen molar-refractivity contribution in [3.8, 4) is 11.5 Å². The van der Waals surface area contributed by atoms with E-state index in [1.807, 2.05) is 30.9 Å². The number of ether oxygens (including phenoxy) is 2. The molecule has 152 valence electrons. The van der Waals surface area contributed by atoms with Crippen LogP contribution in [0.1, 0.15) is 34.3 Å². The Bertz CT molecular complexity index is 1000. The Labute approximate surface area is 176 Å². The van der Waals surface area contributed by atoms with E-state index in [4.69, 9.17) is 9.47 Å². The van der Waals surface area contributed by atoms with Crippen LogP contribution in [0.3, 0.4) is 0 Å². The van der Waals surface area contributed by atoms with Gasteiger partial charge in [0.2, 0.25) is 0 Å². The molecule has 0 fully saturated rings. The van der Waals surface area contributed by atoms with E-state index in [2.05, 4.69) is 52.1 Å². The maximum atomic E-state index is 5.50. The second kappa shape index (κ2) is 8.41. The lowest BCUT2D eigenvalue weighted by Crippen LogP contribution is -2.24. The number of hydrogen-bond donors (Lipinski definition) is 1. The summed E-state index contributed by atoms with van der Waals surface area (Å²) in [6, 6.07) is 12.9. The molecule has 0 saturated heterocycles. The summed E-state index contributed by atoms with van der Waals surface area (Å²) in [6.07, 6.45) is 2.99. The molecule has 1 unspecified atom stereocenters. The molecule has 0 radical (unpaired) electrons. The predicted molar refractivity (Wildman–Crippen MR) is 118 cm³/mol. The second-order valence-electron chi connectivity index (χ2n) is 7.37. The lowest BCUT2D eigenvalue weighted by molar-refractivity contribution is 0.411. The molecule has 0 aliphatic carbocycles. The molecule has 4 rings (SSSR count). The quantitative estimate of drug-likeness (QED) is 0.621. The standard InChI is InChI=1S/C23H27N3O2S/c1-15-11-17(5-8-21(15)28-4)22-9-10-26(14-18-13-24-16(2)25-18)20-7-6-19(27-3)12-23(20)29-22/h5-8,11-13,22H,9-10,14H2,1-4H3,(H,24,25). The number of methoxy groups -OCH3 is 2. The number of H-pyrrole nitrogens is 1. The van der Waals surface area contributed by atoms with Crippen molar-refractivity contribution in [2.75, 3.05) is 25.7 Å². The smallest absolute Gasteiger partial charge is 0.121 e. The first-order chi connectivity index (χ1) is 14.1. The van der Waals surface area contributed by atoms with E-state index in [-0.39, 0.29) is 0 Å². The largest absolute Gasteiger partial charge is 0.497 e. The molecule has 0 amide bonds. The Kier molecular flexibility index (Phi) is 5.72. The summed E-state index contributed by atoms with van der Waals surface area (Å²) in [7, 11) is 3.44. The Morgan fingerprint density at radius 1 is 1.14 bits per heavy atom. The molecular weight excluding hydrogens is 382 g/mol. The molecule has 29 heavy (non-hydrogen) atoms. The first-order valence-corrected chi connectivity index (χ1v) is 10.7. The number of rotatable bonds is 5. The van der Waals surface area contributed by atoms with Crippen LogP contribution >= 0.6 is 11.8 Å². The van der Waals surface area contributed by atoms with Crippen LogP contribution in [0.2, 0.25) is 0 Å². The highest BCUT2D eigenvalue weighted by molar-refractivity contribution is 7.99. The molecule has 0 bridgehead atoms. The average Bonchev–Trinajstić information content (AvgIpc) is 3.05. The summed E-state index contributed by atoms with van der Waals surface area (Å²) in [5.74, 6) is 2.77. The third kappa shape index (κ3) is 4.22. The van der Waals surface area contributed by atoms with Gasteiger partial charge in [0.1, 0.15) is 17.3 Å². The number of imidazole rings is 1. The normalized spacial score (nSPS) is 16.3. The summed E-state index contributed by atoms with van der Waals surface area (Å²) in [5, 5.41) is 0.374. The Hall–Kier alpha value is -2.60. The van der Waals surface area contributed by atoms with Crippen molar-refractivity contribution in [3.63, 3.8) is 0 Å². The van der Waals surface area contributed by atoms with Crippen molar-refractivity contribution < 1.29 is 9.47 Å². The molecular formula is C23H27N3O2S. The van der Waals surface area contributed by atoms with Crippen LogP contribution in [0.5, 0.6) is 11.5 Å². The monoisotopic (exact) mass is 409 g/mol. The van der Waals surface area contributed by atoms with Gasteiger partial charge in [0, 0.05) is 16.7 Å². The highest BCUT2D eigenvalue weighted by Gasteiger charge is 2.25. The molecule has 0 spiro atoms. The van der Waals surface area contributed by atoms with Gasteiger partial charge in [-0.3, -0.25) is 0 Å². The average molecular weight is 410 g/mol. The van der Waals surface area contributed by atoms with Gasteiger partial charge in [0.15, 0.2) is 0 Å². The molecule has 1 atom stereocenters. The SMILES string of the molecule is COc1ccc2c(c1)SC(c1ccc(OC)c(C)c1)CCN2Cc1cnc(C)[nH]1. The number of nitrogens with zero attached hydrogens (tertiary/aromatic N) is 2. The van der Waals surface area contributed by atoms with Gasteiger partial charge in [-0.05, 0) is 55.7 Å². The number of thioether (sulfide) groups is 1. The maximum absolute atomic E-state index is 5.50. The highest BCUT2D eigenvalue weighted by atomic mass is 32.2. The molecule has 2 aromatic carbocycles. The Morgan fingerprint density at radius 2 is 2.00 bits per heavy atom. The third-order valence-electron chi connectivity index (χ3n) is 5.35. The van der Waals surface area contributed by atoms with Gasteiger partial charge in [-0.2, -0.15) is 0 Å². The molecule has 5 nitrogen and oxygen atoms in total. The highest BCUT2D eigenvalue weighted by Crippen LogP contribution is 2.47. The predicted octanol–water partition coefficient (Wildman–Crippen LogP) is 5.29. The van der Waals surface area contributed by atoms with E-state index >= 15 is 0 Å². The zero-order chi connectivity index (χ0) is 20.4. The molecule has 0 saturated carbocycles. The Morgan fingerprint density at radius 3 is 2.69 bits per heavy atom. The minimum atomic E-state index is 0.374. The van der Waals surface area contributed by atoms with E-state index in [1.54, 1.807) is 14.2 Å². The van der Waals surface area contributed by atoms with Crippen LogP contribution in [-0.4, -0.2) is 30.7 Å². The molecule has 2 heterocycles. The summed E-state index contributed by atoms with van der Waals surface area (Å²) in [4.78, 5) is 11.4. The molecule has 1 aromatic heterocycles. The number of hydrogen-bond acceptors (Lipinski definition) is 5. The summed E-state index contributed by atoms with van der Waals surface area (Å²) in [6.45, 7) is 5.88. The van der Waals surface area contributed by atoms with Crippen LogP contribution in [0.15, 0.2) is 47.5 Å². The van der Waals surface area contributed by atoms with Gasteiger partial charge in [0.25, 0.3) is 0 Å². The maximum Gasteiger partial charge on any atom is 0.121 e. The van der Waals surface area contributed by atoms with Crippen molar-refractivity contribution >= 4 is 17.4 Å². The minimum Gasteiger partial charge on any atom is -0.497 e. The number of nitrogens with one attached hydrogen (secondary N) is 1. The van der Waals surface area contributed by atoms with Crippen molar-refractivity contribution in [1.82, 2.24) is 9.97 Å². The molecule has 3 aromatic rings. The van der Waals surface area contributed by atoms with E-state index in [9.17, 15) is 0 Å².